The van der Waals surface area contributed by atoms with Crippen LogP contribution in [0.1, 0.15) is 42.7 Å². The highest BCUT2D eigenvalue weighted by Crippen LogP contribution is 2.27. The van der Waals surface area contributed by atoms with Gasteiger partial charge in [-0.2, -0.15) is 9.78 Å². The van der Waals surface area contributed by atoms with Crippen LogP contribution in [0.4, 0.5) is 10.5 Å². The molecule has 8 nitrogen and oxygen atoms in total. The third kappa shape index (κ3) is 5.50. The fourth-order valence-corrected chi connectivity index (χ4v) is 3.79. The van der Waals surface area contributed by atoms with Crippen molar-refractivity contribution >= 4 is 17.6 Å². The number of pyridine rings is 1. The summed E-state index contributed by atoms with van der Waals surface area (Å²) in [6.07, 6.45) is 6.66. The second-order valence-electron chi connectivity index (χ2n) is 8.88. The number of likely N-dealkylation sites (N-methyl/N-ethyl adjacent to an activating group) is 1. The van der Waals surface area contributed by atoms with Gasteiger partial charge in [0.1, 0.15) is 11.6 Å². The molecule has 1 aliphatic rings. The molecule has 1 aromatic carbocycles. The van der Waals surface area contributed by atoms with Crippen molar-refractivity contribution in [3.8, 4) is 11.8 Å². The molecule has 0 saturated heterocycles. The monoisotopic (exact) mass is 457 g/mol. The van der Waals surface area contributed by atoms with Crippen LogP contribution in [0.5, 0.6) is 0 Å². The van der Waals surface area contributed by atoms with Crippen molar-refractivity contribution in [1.29, 1.82) is 0 Å². The van der Waals surface area contributed by atoms with Crippen LogP contribution in [0, 0.1) is 11.8 Å². The number of amides is 2. The number of aryl methyl sites for hydroxylation is 1. The van der Waals surface area contributed by atoms with E-state index < -0.39 is 17.7 Å². The second-order valence-corrected chi connectivity index (χ2v) is 8.88. The van der Waals surface area contributed by atoms with Crippen molar-refractivity contribution in [3.05, 3.63) is 77.4 Å². The summed E-state index contributed by atoms with van der Waals surface area (Å²) in [5.41, 5.74) is 3.09. The molecule has 0 fully saturated rings. The molecule has 0 bridgehead atoms. The second kappa shape index (κ2) is 9.49. The van der Waals surface area contributed by atoms with Crippen LogP contribution in [0.2, 0.25) is 0 Å². The molecule has 3 heterocycles. The molecule has 0 saturated carbocycles. The Labute approximate surface area is 198 Å². The summed E-state index contributed by atoms with van der Waals surface area (Å²) >= 11 is 0. The number of hydrogen-bond donors (Lipinski definition) is 2. The number of carbonyl (C=O) groups excluding carboxylic acids is 2. The summed E-state index contributed by atoms with van der Waals surface area (Å²) in [5, 5.41) is 16.8. The van der Waals surface area contributed by atoms with E-state index in [1.54, 1.807) is 44.4 Å². The number of nitrogens with one attached hydrogen (secondary N) is 1. The van der Waals surface area contributed by atoms with Crippen LogP contribution < -0.4 is 10.2 Å². The van der Waals surface area contributed by atoms with Gasteiger partial charge in [0.15, 0.2) is 0 Å². The molecule has 174 valence electrons. The molecule has 1 atom stereocenters. The first-order valence-electron chi connectivity index (χ1n) is 11.1. The minimum absolute atomic E-state index is 0.208. The number of aromatic nitrogens is 3. The van der Waals surface area contributed by atoms with E-state index in [9.17, 15) is 14.7 Å². The van der Waals surface area contributed by atoms with Gasteiger partial charge in [0.05, 0.1) is 6.20 Å². The Morgan fingerprint density at radius 3 is 2.85 bits per heavy atom. The number of rotatable bonds is 3. The molecule has 1 aliphatic heterocycles. The van der Waals surface area contributed by atoms with Crippen molar-refractivity contribution < 1.29 is 14.7 Å². The van der Waals surface area contributed by atoms with Gasteiger partial charge in [-0.1, -0.05) is 24.0 Å². The molecule has 4 rings (SSSR count). The van der Waals surface area contributed by atoms with E-state index in [1.165, 1.54) is 4.68 Å². The average Bonchev–Trinajstić information content (AvgIpc) is 3.24. The number of nitrogens with zero attached hydrogens (tertiary/aromatic N) is 4. The maximum absolute atomic E-state index is 13.1. The van der Waals surface area contributed by atoms with Crippen LogP contribution in [-0.2, 0) is 17.6 Å². The molecule has 34 heavy (non-hydrogen) atoms. The topological polar surface area (TPSA) is 100 Å². The van der Waals surface area contributed by atoms with Crippen molar-refractivity contribution in [2.45, 2.75) is 44.8 Å². The Balaban J connectivity index is 1.46. The summed E-state index contributed by atoms with van der Waals surface area (Å²) in [4.78, 5) is 31.8. The van der Waals surface area contributed by atoms with Crippen LogP contribution in [0.15, 0.2) is 55.0 Å². The van der Waals surface area contributed by atoms with Crippen molar-refractivity contribution in [1.82, 2.24) is 20.1 Å². The highest BCUT2D eigenvalue weighted by molar-refractivity contribution is 6.00. The lowest BCUT2D eigenvalue weighted by Crippen LogP contribution is -2.48. The summed E-state index contributed by atoms with van der Waals surface area (Å²) in [7, 11) is 1.69. The van der Waals surface area contributed by atoms with Crippen LogP contribution in [0.3, 0.4) is 0 Å². The summed E-state index contributed by atoms with van der Waals surface area (Å²) < 4.78 is 1.22. The minimum Gasteiger partial charge on any atom is -0.378 e. The van der Waals surface area contributed by atoms with Gasteiger partial charge in [-0.3, -0.25) is 9.78 Å². The van der Waals surface area contributed by atoms with Crippen molar-refractivity contribution in [2.75, 3.05) is 11.9 Å². The Hall–Kier alpha value is -3.96. The molecule has 3 aromatic rings. The largest absolute Gasteiger partial charge is 0.378 e. The molecule has 2 N–H and O–H groups in total. The predicted octanol–water partition coefficient (Wildman–Crippen LogP) is 2.53. The molecule has 0 aliphatic carbocycles. The lowest BCUT2D eigenvalue weighted by Gasteiger charge is -2.22. The molecular formula is C26H27N5O3. The molecule has 2 amide bonds. The number of benzene rings is 1. The summed E-state index contributed by atoms with van der Waals surface area (Å²) in [6, 6.07) is 10.2. The zero-order chi connectivity index (χ0) is 24.3. The minimum atomic E-state index is -1.10. The molecule has 1 unspecified atom stereocenters. The maximum atomic E-state index is 13.1. The summed E-state index contributed by atoms with van der Waals surface area (Å²) in [5.74, 6) is 5.53. The normalized spacial score (nSPS) is 15.7. The summed E-state index contributed by atoms with van der Waals surface area (Å²) in [6.45, 7) is 3.24. The average molecular weight is 458 g/mol. The van der Waals surface area contributed by atoms with E-state index in [0.717, 1.165) is 22.5 Å². The van der Waals surface area contributed by atoms with Gasteiger partial charge in [-0.15, -0.1) is 0 Å². The van der Waals surface area contributed by atoms with Crippen LogP contribution >= 0.6 is 0 Å². The zero-order valence-corrected chi connectivity index (χ0v) is 19.4. The number of hydrogen-bond acceptors (Lipinski definition) is 5. The Bertz CT molecular complexity index is 1260. The SMILES string of the molecule is CN1C(=O)C(NC(=O)n2cc(Cc3ccccn3)cn2)CCc2ccc(C#CC(C)(C)O)cc21. The van der Waals surface area contributed by atoms with E-state index in [-0.39, 0.29) is 5.91 Å². The van der Waals surface area contributed by atoms with Crippen LogP contribution in [-0.4, -0.2) is 50.5 Å². The van der Waals surface area contributed by atoms with Crippen molar-refractivity contribution in [2.24, 2.45) is 0 Å². The van der Waals surface area contributed by atoms with E-state index in [0.29, 0.717) is 24.8 Å². The first-order chi connectivity index (χ1) is 16.2. The first-order valence-corrected chi connectivity index (χ1v) is 11.1. The van der Waals surface area contributed by atoms with E-state index >= 15 is 0 Å². The van der Waals surface area contributed by atoms with Crippen molar-refractivity contribution in [3.63, 3.8) is 0 Å². The van der Waals surface area contributed by atoms with Gasteiger partial charge >= 0.3 is 6.03 Å². The van der Waals surface area contributed by atoms with Gasteiger partial charge < -0.3 is 15.3 Å². The zero-order valence-electron chi connectivity index (χ0n) is 19.4. The number of carbonyl (C=O) groups is 2. The third-order valence-electron chi connectivity index (χ3n) is 5.54. The first kappa shape index (κ1) is 23.2. The smallest absolute Gasteiger partial charge is 0.342 e. The molecular weight excluding hydrogens is 430 g/mol. The van der Waals surface area contributed by atoms with Gasteiger partial charge in [0.25, 0.3) is 0 Å². The maximum Gasteiger partial charge on any atom is 0.342 e. The van der Waals surface area contributed by atoms with E-state index in [4.69, 9.17) is 0 Å². The highest BCUT2D eigenvalue weighted by Gasteiger charge is 2.30. The number of fused-ring (bicyclic) bond motifs is 1. The van der Waals surface area contributed by atoms with Gasteiger partial charge in [0, 0.05) is 42.8 Å². The van der Waals surface area contributed by atoms with Gasteiger partial charge in [-0.25, -0.2) is 4.79 Å². The lowest BCUT2D eigenvalue weighted by molar-refractivity contribution is -0.120. The standard InChI is InChI=1S/C26H27N5O3/c1-26(2,34)12-11-18-7-8-20-9-10-22(24(32)30(3)23(20)15-18)29-25(33)31-17-19(16-28-31)14-21-6-4-5-13-27-21/h4-8,13,15-17,22,34H,9-10,14H2,1-3H3,(H,29,33). The lowest BCUT2D eigenvalue weighted by atomic mass is 10.0. The Morgan fingerprint density at radius 2 is 2.12 bits per heavy atom. The van der Waals surface area contributed by atoms with E-state index in [1.807, 2.05) is 36.4 Å². The number of anilines is 1. The quantitative estimate of drug-likeness (QED) is 0.589. The molecule has 0 spiro atoms. The Morgan fingerprint density at radius 1 is 1.29 bits per heavy atom. The highest BCUT2D eigenvalue weighted by atomic mass is 16.3. The molecule has 8 heteroatoms. The number of aliphatic hydroxyl groups is 1. The molecule has 0 radical (unpaired) electrons. The predicted molar refractivity (Wildman–Crippen MR) is 128 cm³/mol. The van der Waals surface area contributed by atoms with E-state index in [2.05, 4.69) is 27.2 Å². The molecule has 2 aromatic heterocycles. The van der Waals surface area contributed by atoms with Gasteiger partial charge in [0.2, 0.25) is 5.91 Å². The Kier molecular flexibility index (Phi) is 6.48. The van der Waals surface area contributed by atoms with Gasteiger partial charge in [-0.05, 0) is 62.1 Å². The van der Waals surface area contributed by atoms with Crippen LogP contribution in [0.25, 0.3) is 0 Å². The fraction of sp³-hybridized carbons (Fsp3) is 0.308. The third-order valence-corrected chi connectivity index (χ3v) is 5.54. The fourth-order valence-electron chi connectivity index (χ4n) is 3.79.